The van der Waals surface area contributed by atoms with E-state index in [0.717, 1.165) is 0 Å². The van der Waals surface area contributed by atoms with Crippen LogP contribution in [-0.2, 0) is 4.79 Å². The van der Waals surface area contributed by atoms with E-state index in [2.05, 4.69) is 10.6 Å². The fourth-order valence-electron chi connectivity index (χ4n) is 1.42. The minimum atomic E-state index is -0.350. The minimum absolute atomic E-state index is 0.0650. The molecule has 0 radical (unpaired) electrons. The predicted octanol–water partition coefficient (Wildman–Crippen LogP) is 0.913. The highest BCUT2D eigenvalue weighted by Gasteiger charge is 2.15. The van der Waals surface area contributed by atoms with Crippen LogP contribution in [0.4, 0.5) is 5.69 Å². The van der Waals surface area contributed by atoms with Gasteiger partial charge >= 0.3 is 0 Å². The standard InChI is InChI=1S/C13H19N3O2/c1-13(2,3)16-11(17)8-15-12(18)9-6-4-5-7-10(9)14/h4-7H,8,14H2,1-3H3,(H,15,18)(H,16,17). The van der Waals surface area contributed by atoms with E-state index >= 15 is 0 Å². The second kappa shape index (κ2) is 5.53. The van der Waals surface area contributed by atoms with Crippen molar-refractivity contribution in [3.63, 3.8) is 0 Å². The Labute approximate surface area is 107 Å². The average molecular weight is 249 g/mol. The Balaban J connectivity index is 2.52. The van der Waals surface area contributed by atoms with E-state index in [1.165, 1.54) is 0 Å². The van der Waals surface area contributed by atoms with Gasteiger partial charge in [0.1, 0.15) is 0 Å². The Kier molecular flexibility index (Phi) is 4.31. The van der Waals surface area contributed by atoms with Crippen LogP contribution in [0.2, 0.25) is 0 Å². The zero-order valence-electron chi connectivity index (χ0n) is 10.9. The Morgan fingerprint density at radius 2 is 1.83 bits per heavy atom. The smallest absolute Gasteiger partial charge is 0.253 e. The topological polar surface area (TPSA) is 84.2 Å². The first kappa shape index (κ1) is 14.0. The normalized spacial score (nSPS) is 10.8. The van der Waals surface area contributed by atoms with Crippen LogP contribution >= 0.6 is 0 Å². The molecule has 2 amide bonds. The monoisotopic (exact) mass is 249 g/mol. The van der Waals surface area contributed by atoms with Gasteiger partial charge in [-0.1, -0.05) is 12.1 Å². The molecule has 0 unspecified atom stereocenters. The van der Waals surface area contributed by atoms with Crippen LogP contribution in [0.1, 0.15) is 31.1 Å². The molecule has 4 N–H and O–H groups in total. The molecule has 5 heteroatoms. The lowest BCUT2D eigenvalue weighted by Gasteiger charge is -2.20. The number of nitrogens with one attached hydrogen (secondary N) is 2. The molecule has 18 heavy (non-hydrogen) atoms. The molecule has 0 fully saturated rings. The largest absolute Gasteiger partial charge is 0.398 e. The molecule has 0 aliphatic rings. The number of carbonyl (C=O) groups excluding carboxylic acids is 2. The maximum Gasteiger partial charge on any atom is 0.253 e. The summed E-state index contributed by atoms with van der Waals surface area (Å²) in [7, 11) is 0. The van der Waals surface area contributed by atoms with E-state index in [0.29, 0.717) is 11.3 Å². The molecule has 0 saturated heterocycles. The molecule has 1 rings (SSSR count). The van der Waals surface area contributed by atoms with Gasteiger partial charge in [-0.15, -0.1) is 0 Å². The van der Waals surface area contributed by atoms with E-state index in [1.807, 2.05) is 20.8 Å². The molecule has 5 nitrogen and oxygen atoms in total. The highest BCUT2D eigenvalue weighted by Crippen LogP contribution is 2.09. The number of nitrogens with two attached hydrogens (primary N) is 1. The van der Waals surface area contributed by atoms with E-state index in [4.69, 9.17) is 5.73 Å². The van der Waals surface area contributed by atoms with Crippen molar-refractivity contribution in [2.45, 2.75) is 26.3 Å². The van der Waals surface area contributed by atoms with Gasteiger partial charge in [-0.05, 0) is 32.9 Å². The third-order valence-corrected chi connectivity index (χ3v) is 2.13. The second-order valence-electron chi connectivity index (χ2n) is 5.07. The fourth-order valence-corrected chi connectivity index (χ4v) is 1.42. The second-order valence-corrected chi connectivity index (χ2v) is 5.07. The summed E-state index contributed by atoms with van der Waals surface area (Å²) in [6, 6.07) is 6.73. The van der Waals surface area contributed by atoms with Crippen molar-refractivity contribution in [3.05, 3.63) is 29.8 Å². The number of nitrogen functional groups attached to an aromatic ring is 1. The first-order valence-electron chi connectivity index (χ1n) is 5.73. The van der Waals surface area contributed by atoms with E-state index < -0.39 is 0 Å². The molecule has 0 bridgehead atoms. The van der Waals surface area contributed by atoms with Crippen molar-refractivity contribution in [1.82, 2.24) is 10.6 Å². The first-order chi connectivity index (χ1) is 8.29. The SMILES string of the molecule is CC(C)(C)NC(=O)CNC(=O)c1ccccc1N. The van der Waals surface area contributed by atoms with E-state index in [9.17, 15) is 9.59 Å². The summed E-state index contributed by atoms with van der Waals surface area (Å²) in [5.41, 5.74) is 6.13. The first-order valence-corrected chi connectivity index (χ1v) is 5.73. The van der Waals surface area contributed by atoms with Crippen LogP contribution in [0, 0.1) is 0 Å². The molecular weight excluding hydrogens is 230 g/mol. The lowest BCUT2D eigenvalue weighted by Crippen LogP contribution is -2.45. The van der Waals surface area contributed by atoms with Crippen LogP contribution in [0.25, 0.3) is 0 Å². The van der Waals surface area contributed by atoms with Gasteiger partial charge in [-0.25, -0.2) is 0 Å². The van der Waals surface area contributed by atoms with Crippen LogP contribution in [0.15, 0.2) is 24.3 Å². The summed E-state index contributed by atoms with van der Waals surface area (Å²) in [6.45, 7) is 5.57. The molecular formula is C13H19N3O2. The van der Waals surface area contributed by atoms with Crippen molar-refractivity contribution < 1.29 is 9.59 Å². The van der Waals surface area contributed by atoms with Crippen LogP contribution in [-0.4, -0.2) is 23.9 Å². The number of carbonyl (C=O) groups is 2. The molecule has 0 aliphatic heterocycles. The minimum Gasteiger partial charge on any atom is -0.398 e. The van der Waals surface area contributed by atoms with Crippen molar-refractivity contribution in [1.29, 1.82) is 0 Å². The number of para-hydroxylation sites is 1. The zero-order valence-corrected chi connectivity index (χ0v) is 10.9. The van der Waals surface area contributed by atoms with Gasteiger partial charge in [0.2, 0.25) is 5.91 Å². The van der Waals surface area contributed by atoms with Gasteiger partial charge in [0, 0.05) is 11.2 Å². The van der Waals surface area contributed by atoms with E-state index in [1.54, 1.807) is 24.3 Å². The summed E-state index contributed by atoms with van der Waals surface area (Å²) in [4.78, 5) is 23.3. The third-order valence-electron chi connectivity index (χ3n) is 2.13. The van der Waals surface area contributed by atoms with Crippen molar-refractivity contribution in [2.24, 2.45) is 0 Å². The van der Waals surface area contributed by atoms with Crippen LogP contribution in [0.3, 0.4) is 0 Å². The molecule has 98 valence electrons. The molecule has 0 atom stereocenters. The van der Waals surface area contributed by atoms with Gasteiger partial charge in [-0.3, -0.25) is 9.59 Å². The number of anilines is 1. The lowest BCUT2D eigenvalue weighted by atomic mass is 10.1. The lowest BCUT2D eigenvalue weighted by molar-refractivity contribution is -0.121. The van der Waals surface area contributed by atoms with Crippen molar-refractivity contribution >= 4 is 17.5 Å². The van der Waals surface area contributed by atoms with Gasteiger partial charge in [0.25, 0.3) is 5.91 Å². The average Bonchev–Trinajstić information content (AvgIpc) is 2.24. The van der Waals surface area contributed by atoms with Crippen molar-refractivity contribution in [3.8, 4) is 0 Å². The summed E-state index contributed by atoms with van der Waals surface area (Å²) in [5.74, 6) is -0.581. The number of hydrogen-bond donors (Lipinski definition) is 3. The highest BCUT2D eigenvalue weighted by molar-refractivity contribution is 6.00. The molecule has 0 aromatic heterocycles. The number of benzene rings is 1. The summed E-state index contributed by atoms with van der Waals surface area (Å²) >= 11 is 0. The number of amides is 2. The quantitative estimate of drug-likeness (QED) is 0.696. The summed E-state index contributed by atoms with van der Waals surface area (Å²) in [5, 5.41) is 5.29. The van der Waals surface area contributed by atoms with Gasteiger partial charge in [0.15, 0.2) is 0 Å². The number of rotatable bonds is 3. The summed E-state index contributed by atoms with van der Waals surface area (Å²) < 4.78 is 0. The van der Waals surface area contributed by atoms with Gasteiger partial charge in [-0.2, -0.15) is 0 Å². The Bertz CT molecular complexity index is 450. The third kappa shape index (κ3) is 4.45. The van der Waals surface area contributed by atoms with Crippen LogP contribution < -0.4 is 16.4 Å². The molecule has 0 saturated carbocycles. The Morgan fingerprint density at radius 3 is 2.39 bits per heavy atom. The van der Waals surface area contributed by atoms with Gasteiger partial charge < -0.3 is 16.4 Å². The van der Waals surface area contributed by atoms with Gasteiger partial charge in [0.05, 0.1) is 12.1 Å². The zero-order chi connectivity index (χ0) is 13.8. The fraction of sp³-hybridized carbons (Fsp3) is 0.385. The molecule has 0 spiro atoms. The van der Waals surface area contributed by atoms with E-state index in [-0.39, 0.29) is 23.9 Å². The highest BCUT2D eigenvalue weighted by atomic mass is 16.2. The molecule has 1 aromatic rings. The summed E-state index contributed by atoms with van der Waals surface area (Å²) in [6.07, 6.45) is 0. The Hall–Kier alpha value is -2.04. The molecule has 0 heterocycles. The molecule has 0 aliphatic carbocycles. The molecule has 1 aromatic carbocycles. The van der Waals surface area contributed by atoms with Crippen LogP contribution in [0.5, 0.6) is 0 Å². The van der Waals surface area contributed by atoms with Crippen molar-refractivity contribution in [2.75, 3.05) is 12.3 Å². The maximum absolute atomic E-state index is 11.8. The maximum atomic E-state index is 11.8. The predicted molar refractivity (Wildman–Crippen MR) is 71.1 cm³/mol. The number of hydrogen-bond acceptors (Lipinski definition) is 3. The Morgan fingerprint density at radius 1 is 1.22 bits per heavy atom.